The first-order valence-corrected chi connectivity index (χ1v) is 9.01. The van der Waals surface area contributed by atoms with Crippen molar-refractivity contribution >= 4 is 26.8 Å². The van der Waals surface area contributed by atoms with Gasteiger partial charge in [-0.1, -0.05) is 42.1 Å². The molecule has 2 atom stereocenters. The van der Waals surface area contributed by atoms with Crippen molar-refractivity contribution in [2.24, 2.45) is 0 Å². The second-order valence-corrected chi connectivity index (χ2v) is 8.42. The Labute approximate surface area is 117 Å². The first-order valence-electron chi connectivity index (χ1n) is 6.31. The predicted molar refractivity (Wildman–Crippen MR) is 78.4 cm³/mol. The summed E-state index contributed by atoms with van der Waals surface area (Å²) in [5.74, 6) is 0.439. The van der Waals surface area contributed by atoms with E-state index in [4.69, 9.17) is 5.41 Å². The van der Waals surface area contributed by atoms with Gasteiger partial charge in [-0.15, -0.1) is 0 Å². The zero-order chi connectivity index (χ0) is 13.5. The van der Waals surface area contributed by atoms with Crippen LogP contribution in [0.3, 0.4) is 0 Å². The van der Waals surface area contributed by atoms with Crippen LogP contribution in [0, 0.1) is 5.41 Å². The second kappa shape index (κ2) is 4.83. The van der Waals surface area contributed by atoms with Crippen LogP contribution in [0.25, 0.3) is 0 Å². The van der Waals surface area contributed by atoms with E-state index >= 15 is 0 Å². The van der Waals surface area contributed by atoms with E-state index in [1.807, 2.05) is 23.1 Å². The molecule has 19 heavy (non-hydrogen) atoms. The molecule has 0 saturated carbocycles. The van der Waals surface area contributed by atoms with Crippen LogP contribution in [0.5, 0.6) is 0 Å². The summed E-state index contributed by atoms with van der Waals surface area (Å²) in [6.07, 6.45) is 0.854. The van der Waals surface area contributed by atoms with Gasteiger partial charge in [-0.25, -0.2) is 8.42 Å². The molecule has 2 aliphatic rings. The molecule has 0 amide bonds. The van der Waals surface area contributed by atoms with Gasteiger partial charge in [-0.05, 0) is 12.0 Å². The third-order valence-electron chi connectivity index (χ3n) is 3.68. The molecule has 1 N–H and O–H groups in total. The monoisotopic (exact) mass is 296 g/mol. The minimum absolute atomic E-state index is 0.00575. The number of nitrogens with one attached hydrogen (secondary N) is 1. The van der Waals surface area contributed by atoms with Gasteiger partial charge in [0.1, 0.15) is 0 Å². The molecule has 0 spiro atoms. The van der Waals surface area contributed by atoms with Crippen LogP contribution in [0.4, 0.5) is 0 Å². The highest BCUT2D eigenvalue weighted by molar-refractivity contribution is 8.15. The highest BCUT2D eigenvalue weighted by atomic mass is 32.2. The molecule has 2 unspecified atom stereocenters. The summed E-state index contributed by atoms with van der Waals surface area (Å²) in [5.41, 5.74) is 1.23. The normalized spacial score (nSPS) is 28.6. The molecule has 0 aromatic heterocycles. The minimum Gasteiger partial charge on any atom is -0.346 e. The van der Waals surface area contributed by atoms with Crippen molar-refractivity contribution in [3.63, 3.8) is 0 Å². The van der Waals surface area contributed by atoms with Crippen molar-refractivity contribution in [2.75, 3.05) is 18.1 Å². The number of thioether (sulfide) groups is 1. The summed E-state index contributed by atoms with van der Waals surface area (Å²) >= 11 is 1.41. The van der Waals surface area contributed by atoms with Crippen LogP contribution in [0.1, 0.15) is 5.56 Å². The van der Waals surface area contributed by atoms with E-state index < -0.39 is 9.84 Å². The summed E-state index contributed by atoms with van der Waals surface area (Å²) in [5, 5.41) is 8.58. The highest BCUT2D eigenvalue weighted by Crippen LogP contribution is 2.37. The van der Waals surface area contributed by atoms with Gasteiger partial charge in [0.2, 0.25) is 0 Å². The number of sulfone groups is 1. The van der Waals surface area contributed by atoms with E-state index in [2.05, 4.69) is 12.1 Å². The first kappa shape index (κ1) is 13.0. The average Bonchev–Trinajstić information content (AvgIpc) is 2.79. The molecular formula is C13H16N2O2S2. The van der Waals surface area contributed by atoms with Crippen LogP contribution < -0.4 is 0 Å². The molecule has 1 aromatic rings. The Morgan fingerprint density at radius 2 is 2.00 bits per heavy atom. The van der Waals surface area contributed by atoms with Crippen molar-refractivity contribution < 1.29 is 8.42 Å². The van der Waals surface area contributed by atoms with Crippen LogP contribution in [0.15, 0.2) is 30.3 Å². The molecule has 0 aliphatic carbocycles. The molecule has 3 rings (SSSR count). The molecule has 2 fully saturated rings. The second-order valence-electron chi connectivity index (χ2n) is 5.03. The van der Waals surface area contributed by atoms with Gasteiger partial charge in [-0.2, -0.15) is 0 Å². The summed E-state index contributed by atoms with van der Waals surface area (Å²) in [6, 6.07) is 10.1. The van der Waals surface area contributed by atoms with Crippen molar-refractivity contribution in [3.8, 4) is 0 Å². The predicted octanol–water partition coefficient (Wildman–Crippen LogP) is 1.38. The molecule has 2 heterocycles. The number of amidine groups is 1. The Morgan fingerprint density at radius 3 is 2.74 bits per heavy atom. The SMILES string of the molecule is N=C1SC2CS(=O)(=O)CC2N1CCc1ccccc1. The van der Waals surface area contributed by atoms with E-state index in [0.717, 1.165) is 13.0 Å². The Morgan fingerprint density at radius 1 is 1.26 bits per heavy atom. The molecule has 4 nitrogen and oxygen atoms in total. The topological polar surface area (TPSA) is 61.2 Å². The van der Waals surface area contributed by atoms with Crippen LogP contribution in [-0.2, 0) is 16.3 Å². The lowest BCUT2D eigenvalue weighted by molar-refractivity contribution is 0.359. The van der Waals surface area contributed by atoms with Crippen LogP contribution >= 0.6 is 11.8 Å². The molecule has 0 bridgehead atoms. The maximum absolute atomic E-state index is 11.7. The van der Waals surface area contributed by atoms with Crippen LogP contribution in [0.2, 0.25) is 0 Å². The molecule has 2 saturated heterocycles. The summed E-state index contributed by atoms with van der Waals surface area (Å²) in [7, 11) is -2.90. The standard InChI is InChI=1S/C13H16N2O2S2/c14-13-15(7-6-10-4-2-1-3-5-10)11-8-19(16,17)9-12(11)18-13/h1-5,11-12,14H,6-9H2. The van der Waals surface area contributed by atoms with E-state index in [1.165, 1.54) is 17.3 Å². The number of rotatable bonds is 3. The molecule has 6 heteroatoms. The lowest BCUT2D eigenvalue weighted by atomic mass is 10.1. The summed E-state index contributed by atoms with van der Waals surface area (Å²) < 4.78 is 23.3. The first-order chi connectivity index (χ1) is 9.05. The van der Waals surface area contributed by atoms with Crippen molar-refractivity contribution in [1.82, 2.24) is 4.90 Å². The zero-order valence-corrected chi connectivity index (χ0v) is 12.1. The number of nitrogens with zero attached hydrogens (tertiary/aromatic N) is 1. The molecule has 102 valence electrons. The van der Waals surface area contributed by atoms with Gasteiger partial charge in [0, 0.05) is 11.8 Å². The van der Waals surface area contributed by atoms with Gasteiger partial charge >= 0.3 is 0 Å². The maximum atomic E-state index is 11.7. The Bertz CT molecular complexity index is 586. The van der Waals surface area contributed by atoms with E-state index in [0.29, 0.717) is 5.17 Å². The van der Waals surface area contributed by atoms with Crippen LogP contribution in [-0.4, -0.2) is 47.8 Å². The number of hydrogen-bond donors (Lipinski definition) is 1. The van der Waals surface area contributed by atoms with Gasteiger partial charge in [0.25, 0.3) is 0 Å². The highest BCUT2D eigenvalue weighted by Gasteiger charge is 2.47. The Hall–Kier alpha value is -1.01. The zero-order valence-electron chi connectivity index (χ0n) is 10.5. The summed E-state index contributed by atoms with van der Waals surface area (Å²) in [4.78, 5) is 1.97. The molecule has 2 aliphatic heterocycles. The third kappa shape index (κ3) is 2.65. The maximum Gasteiger partial charge on any atom is 0.157 e. The molecule has 1 aromatic carbocycles. The largest absolute Gasteiger partial charge is 0.346 e. The van der Waals surface area contributed by atoms with Crippen molar-refractivity contribution in [3.05, 3.63) is 35.9 Å². The fraction of sp³-hybridized carbons (Fsp3) is 0.462. The number of benzene rings is 1. The lowest BCUT2D eigenvalue weighted by Crippen LogP contribution is -2.38. The molecule has 0 radical (unpaired) electrons. The minimum atomic E-state index is -2.90. The quantitative estimate of drug-likeness (QED) is 0.915. The van der Waals surface area contributed by atoms with Gasteiger partial charge in [0.15, 0.2) is 15.0 Å². The van der Waals surface area contributed by atoms with Crippen molar-refractivity contribution in [1.29, 1.82) is 5.41 Å². The van der Waals surface area contributed by atoms with E-state index in [9.17, 15) is 8.42 Å². The average molecular weight is 296 g/mol. The Balaban J connectivity index is 1.69. The fourth-order valence-corrected chi connectivity index (χ4v) is 6.58. The Kier molecular flexibility index (Phi) is 3.30. The number of fused-ring (bicyclic) bond motifs is 1. The van der Waals surface area contributed by atoms with E-state index in [1.54, 1.807) is 0 Å². The lowest BCUT2D eigenvalue weighted by Gasteiger charge is -2.23. The smallest absolute Gasteiger partial charge is 0.157 e. The van der Waals surface area contributed by atoms with Crippen molar-refractivity contribution in [2.45, 2.75) is 17.7 Å². The third-order valence-corrected chi connectivity index (χ3v) is 6.85. The fourth-order valence-electron chi connectivity index (χ4n) is 2.72. The van der Waals surface area contributed by atoms with Gasteiger partial charge in [-0.3, -0.25) is 5.41 Å². The summed E-state index contributed by atoms with van der Waals surface area (Å²) in [6.45, 7) is 0.729. The van der Waals surface area contributed by atoms with E-state index in [-0.39, 0.29) is 22.8 Å². The molecular weight excluding hydrogens is 280 g/mol. The van der Waals surface area contributed by atoms with Gasteiger partial charge in [0.05, 0.1) is 17.5 Å². The van der Waals surface area contributed by atoms with Gasteiger partial charge < -0.3 is 4.90 Å². The number of hydrogen-bond acceptors (Lipinski definition) is 4.